The van der Waals surface area contributed by atoms with Crippen molar-refractivity contribution in [3.63, 3.8) is 0 Å². The number of hydrogen-bond acceptors (Lipinski definition) is 6. The summed E-state index contributed by atoms with van der Waals surface area (Å²) in [5.74, 6) is 0.158. The highest BCUT2D eigenvalue weighted by molar-refractivity contribution is 6.33. The zero-order valence-electron chi connectivity index (χ0n) is 16.1. The lowest BCUT2D eigenvalue weighted by atomic mass is 9.96. The maximum absolute atomic E-state index is 14.3. The van der Waals surface area contributed by atoms with Gasteiger partial charge in [0.2, 0.25) is 0 Å². The second-order valence-electron chi connectivity index (χ2n) is 7.69. The van der Waals surface area contributed by atoms with Crippen molar-refractivity contribution in [3.8, 4) is 0 Å². The summed E-state index contributed by atoms with van der Waals surface area (Å²) in [5.41, 5.74) is 9.10. The van der Waals surface area contributed by atoms with E-state index >= 15 is 0 Å². The molecule has 0 saturated carbocycles. The van der Waals surface area contributed by atoms with E-state index < -0.39 is 5.82 Å². The molecule has 2 aromatic heterocycles. The topological polar surface area (TPSA) is 90.9 Å². The quantitative estimate of drug-likeness (QED) is 0.562. The van der Waals surface area contributed by atoms with Gasteiger partial charge in [-0.05, 0) is 36.4 Å². The van der Waals surface area contributed by atoms with E-state index in [2.05, 4.69) is 20.2 Å². The first-order chi connectivity index (χ1) is 14.5. The molecule has 0 bridgehead atoms. The molecule has 2 aliphatic heterocycles. The Bertz CT molecular complexity index is 1180. The first-order valence-electron chi connectivity index (χ1n) is 9.75. The number of nitrogens with two attached hydrogens (primary N) is 1. The Labute approximate surface area is 178 Å². The van der Waals surface area contributed by atoms with Crippen molar-refractivity contribution in [2.75, 3.05) is 24.5 Å². The van der Waals surface area contributed by atoms with Crippen LogP contribution in [-0.2, 0) is 0 Å². The molecule has 4 N–H and O–H groups in total. The Kier molecular flexibility index (Phi) is 4.64. The largest absolute Gasteiger partial charge is 0.404 e. The number of halogens is 2. The van der Waals surface area contributed by atoms with Crippen molar-refractivity contribution in [1.29, 1.82) is 5.41 Å². The van der Waals surface area contributed by atoms with Gasteiger partial charge >= 0.3 is 0 Å². The van der Waals surface area contributed by atoms with E-state index in [4.69, 9.17) is 22.7 Å². The summed E-state index contributed by atoms with van der Waals surface area (Å²) >= 11 is 5.99. The summed E-state index contributed by atoms with van der Waals surface area (Å²) in [4.78, 5) is 11.5. The normalized spacial score (nSPS) is 20.9. The molecule has 0 spiro atoms. The van der Waals surface area contributed by atoms with E-state index in [1.54, 1.807) is 6.07 Å². The van der Waals surface area contributed by atoms with Crippen molar-refractivity contribution in [1.82, 2.24) is 15.3 Å². The van der Waals surface area contributed by atoms with Gasteiger partial charge in [0.05, 0.1) is 34.3 Å². The molecule has 2 saturated heterocycles. The molecule has 152 valence electrons. The average Bonchev–Trinajstić information content (AvgIpc) is 3.04. The lowest BCUT2D eigenvalue weighted by Crippen LogP contribution is -2.51. The molecule has 3 aromatic rings. The minimum atomic E-state index is -0.536. The number of aromatic nitrogens is 2. The molecule has 0 aliphatic carbocycles. The summed E-state index contributed by atoms with van der Waals surface area (Å²) in [7, 11) is 0. The summed E-state index contributed by atoms with van der Waals surface area (Å²) < 4.78 is 14.3. The van der Waals surface area contributed by atoms with Crippen LogP contribution in [-0.4, -0.2) is 41.4 Å². The van der Waals surface area contributed by atoms with Gasteiger partial charge in [0.15, 0.2) is 0 Å². The molecule has 2 aliphatic rings. The lowest BCUT2D eigenvalue weighted by Gasteiger charge is -2.29. The Morgan fingerprint density at radius 3 is 2.80 bits per heavy atom. The van der Waals surface area contributed by atoms with Crippen molar-refractivity contribution in [2.24, 2.45) is 11.7 Å². The molecular weight excluding hydrogens is 403 g/mol. The minimum Gasteiger partial charge on any atom is -0.404 e. The highest BCUT2D eigenvalue weighted by Gasteiger charge is 2.39. The summed E-state index contributed by atoms with van der Waals surface area (Å²) in [6, 6.07) is 10.2. The summed E-state index contributed by atoms with van der Waals surface area (Å²) in [6.07, 6.45) is 3.15. The second kappa shape index (κ2) is 7.34. The van der Waals surface area contributed by atoms with Crippen LogP contribution in [0.5, 0.6) is 0 Å². The fraction of sp³-hybridized carbons (Fsp3) is 0.227. The van der Waals surface area contributed by atoms with Gasteiger partial charge in [-0.15, -0.1) is 0 Å². The van der Waals surface area contributed by atoms with Crippen molar-refractivity contribution >= 4 is 39.6 Å². The van der Waals surface area contributed by atoms with E-state index in [1.807, 2.05) is 18.3 Å². The van der Waals surface area contributed by atoms with E-state index in [0.29, 0.717) is 33.8 Å². The molecule has 4 heterocycles. The lowest BCUT2D eigenvalue weighted by molar-refractivity contribution is 0.297. The monoisotopic (exact) mass is 422 g/mol. The summed E-state index contributed by atoms with van der Waals surface area (Å²) in [6.45, 7) is 3.04. The minimum absolute atomic E-state index is 0.0735. The molecular formula is C22H20ClFN6. The fourth-order valence-corrected chi connectivity index (χ4v) is 4.28. The van der Waals surface area contributed by atoms with Crippen molar-refractivity contribution in [3.05, 3.63) is 70.9 Å². The Morgan fingerprint density at radius 1 is 1.23 bits per heavy atom. The summed E-state index contributed by atoms with van der Waals surface area (Å²) in [5, 5.41) is 12.3. The average molecular weight is 423 g/mol. The number of rotatable bonds is 4. The highest BCUT2D eigenvalue weighted by Crippen LogP contribution is 2.30. The number of allylic oxidation sites excluding steroid dienone is 1. The predicted octanol–water partition coefficient (Wildman–Crippen LogP) is 3.20. The van der Waals surface area contributed by atoms with Gasteiger partial charge in [-0.25, -0.2) is 9.37 Å². The zero-order chi connectivity index (χ0) is 20.8. The molecule has 2 fully saturated rings. The maximum atomic E-state index is 14.3. The van der Waals surface area contributed by atoms with Gasteiger partial charge in [0.1, 0.15) is 5.82 Å². The molecule has 8 heteroatoms. The van der Waals surface area contributed by atoms with E-state index in [-0.39, 0.29) is 11.3 Å². The molecule has 6 nitrogen and oxygen atoms in total. The van der Waals surface area contributed by atoms with Crippen LogP contribution in [0.25, 0.3) is 16.6 Å². The van der Waals surface area contributed by atoms with Crippen LogP contribution in [0.3, 0.4) is 0 Å². The van der Waals surface area contributed by atoms with Crippen LogP contribution in [0, 0.1) is 17.1 Å². The number of anilines is 1. The molecule has 2 atom stereocenters. The van der Waals surface area contributed by atoms with Crippen LogP contribution in [0.2, 0.25) is 5.02 Å². The van der Waals surface area contributed by atoms with Gasteiger partial charge in [-0.2, -0.15) is 0 Å². The van der Waals surface area contributed by atoms with E-state index in [0.717, 1.165) is 30.8 Å². The third-order valence-corrected chi connectivity index (χ3v) is 6.12. The number of fused-ring (bicyclic) bond motifs is 2. The SMILES string of the molecule is N=C(/C(=C\N)c1ccc2ncc(N3CC4CNC4C3)cc2n1)c1cc(Cl)ccc1F. The molecule has 1 aromatic carbocycles. The number of nitrogens with one attached hydrogen (secondary N) is 2. The molecule has 0 radical (unpaired) electrons. The number of hydrogen-bond donors (Lipinski definition) is 3. The van der Waals surface area contributed by atoms with Crippen LogP contribution < -0.4 is 16.0 Å². The Hall–Kier alpha value is -3.03. The van der Waals surface area contributed by atoms with E-state index in [1.165, 1.54) is 24.4 Å². The van der Waals surface area contributed by atoms with Gasteiger partial charge in [-0.1, -0.05) is 11.6 Å². The zero-order valence-corrected chi connectivity index (χ0v) is 16.8. The molecule has 2 unspecified atom stereocenters. The van der Waals surface area contributed by atoms with Crippen molar-refractivity contribution in [2.45, 2.75) is 6.04 Å². The second-order valence-corrected chi connectivity index (χ2v) is 8.12. The van der Waals surface area contributed by atoms with E-state index in [9.17, 15) is 4.39 Å². The third-order valence-electron chi connectivity index (χ3n) is 5.88. The third kappa shape index (κ3) is 3.20. The van der Waals surface area contributed by atoms with Gasteiger partial charge < -0.3 is 16.0 Å². The van der Waals surface area contributed by atoms with Gasteiger partial charge in [0, 0.05) is 54.0 Å². The highest BCUT2D eigenvalue weighted by atomic mass is 35.5. The Balaban J connectivity index is 1.49. The number of nitrogens with zero attached hydrogens (tertiary/aromatic N) is 3. The van der Waals surface area contributed by atoms with Crippen LogP contribution in [0.1, 0.15) is 11.3 Å². The van der Waals surface area contributed by atoms with Crippen LogP contribution in [0.4, 0.5) is 10.1 Å². The first kappa shape index (κ1) is 19.0. The van der Waals surface area contributed by atoms with Crippen molar-refractivity contribution < 1.29 is 4.39 Å². The molecule has 0 amide bonds. The van der Waals surface area contributed by atoms with Gasteiger partial charge in [0.25, 0.3) is 0 Å². The first-order valence-corrected chi connectivity index (χ1v) is 10.1. The van der Waals surface area contributed by atoms with Gasteiger partial charge in [-0.3, -0.25) is 10.4 Å². The smallest absolute Gasteiger partial charge is 0.132 e. The number of pyridine rings is 2. The van der Waals surface area contributed by atoms with Crippen LogP contribution >= 0.6 is 11.6 Å². The predicted molar refractivity (Wildman–Crippen MR) is 117 cm³/mol. The molecule has 30 heavy (non-hydrogen) atoms. The number of benzene rings is 1. The standard InChI is InChI=1S/C22H20ClFN6/c23-13-1-2-17(24)15(5-13)22(26)16(7-25)18-3-4-19-20(29-18)6-14(9-28-19)30-10-12-8-27-21(12)11-30/h1-7,9,12,21,26-27H,8,10-11,25H2/b16-7-,26-22?. The Morgan fingerprint density at radius 2 is 2.10 bits per heavy atom. The fourth-order valence-electron chi connectivity index (χ4n) is 4.11. The van der Waals surface area contributed by atoms with Crippen LogP contribution in [0.15, 0.2) is 48.8 Å². The maximum Gasteiger partial charge on any atom is 0.132 e. The molecule has 5 rings (SSSR count).